The number of phenols is 1. The van der Waals surface area contributed by atoms with Gasteiger partial charge in [-0.1, -0.05) is 64.7 Å². The molecule has 0 bridgehead atoms. The Morgan fingerprint density at radius 3 is 1.86 bits per heavy atom. The van der Waals surface area contributed by atoms with Crippen LogP contribution in [-0.4, -0.2) is 62.7 Å². The predicted octanol–water partition coefficient (Wildman–Crippen LogP) is 8.52. The molecule has 0 spiro atoms. The van der Waals surface area contributed by atoms with Crippen LogP contribution in [0.4, 0.5) is 5.69 Å². The molecular formula is C36H46N6O. The molecule has 3 aromatic carbocycles. The number of anilines is 1. The van der Waals surface area contributed by atoms with Crippen LogP contribution in [0.1, 0.15) is 71.1 Å². The Kier molecular flexibility index (Phi) is 9.58. The van der Waals surface area contributed by atoms with Gasteiger partial charge in [0.1, 0.15) is 17.4 Å². The van der Waals surface area contributed by atoms with Crippen molar-refractivity contribution in [1.82, 2.24) is 24.8 Å². The zero-order valence-electron chi connectivity index (χ0n) is 25.6. The molecule has 43 heavy (non-hydrogen) atoms. The maximum atomic E-state index is 9.60. The Labute approximate surface area is 255 Å². The summed E-state index contributed by atoms with van der Waals surface area (Å²) in [5, 5.41) is 9.60. The van der Waals surface area contributed by atoms with Gasteiger partial charge in [0.2, 0.25) is 0 Å². The number of nitrogens with zero attached hydrogens (tertiary/aromatic N) is 4. The number of nitrogens with one attached hydrogen (secondary N) is 2. The van der Waals surface area contributed by atoms with Crippen molar-refractivity contribution in [2.75, 3.05) is 37.6 Å². The van der Waals surface area contributed by atoms with Crippen LogP contribution in [0.3, 0.4) is 0 Å². The highest BCUT2D eigenvalue weighted by Gasteiger charge is 2.18. The van der Waals surface area contributed by atoms with Gasteiger partial charge >= 0.3 is 0 Å². The number of hydrogen-bond acceptors (Lipinski definition) is 5. The minimum Gasteiger partial charge on any atom is -0.508 e. The summed E-state index contributed by atoms with van der Waals surface area (Å²) < 4.78 is 0. The number of H-pyrrole nitrogens is 2. The standard InChI is InChI=1S/C36H46N6O/c1-2-3-4-5-6-7-8-9-10-11-20-41-21-23-42(24-22-41)29-15-19-32-34(26-29)40-36(38-32)28-14-18-31-33(25-28)39-35(37-31)27-12-16-30(43)17-13-27/h12-19,25-26,43H,2-11,20-24H2,1H3,(H,37,39)(H,38,40). The predicted molar refractivity (Wildman–Crippen MR) is 179 cm³/mol. The number of rotatable bonds is 14. The first-order valence-electron chi connectivity index (χ1n) is 16.4. The number of aromatic nitrogens is 4. The van der Waals surface area contributed by atoms with Gasteiger partial charge in [0.15, 0.2) is 0 Å². The summed E-state index contributed by atoms with van der Waals surface area (Å²) in [4.78, 5) is 21.8. The summed E-state index contributed by atoms with van der Waals surface area (Å²) in [6.45, 7) is 7.95. The highest BCUT2D eigenvalue weighted by atomic mass is 16.3. The Balaban J connectivity index is 1.00. The molecule has 1 aliphatic heterocycles. The first kappa shape index (κ1) is 29.2. The quantitative estimate of drug-likeness (QED) is 0.115. The number of unbranched alkanes of at least 4 members (excludes halogenated alkanes) is 9. The Bertz CT molecular complexity index is 1600. The third kappa shape index (κ3) is 7.39. The van der Waals surface area contributed by atoms with Crippen molar-refractivity contribution in [3.05, 3.63) is 60.7 Å². The van der Waals surface area contributed by atoms with Crippen molar-refractivity contribution in [3.8, 4) is 28.5 Å². The van der Waals surface area contributed by atoms with E-state index in [4.69, 9.17) is 9.97 Å². The maximum Gasteiger partial charge on any atom is 0.138 e. The third-order valence-electron chi connectivity index (χ3n) is 8.93. The first-order chi connectivity index (χ1) is 21.2. The van der Waals surface area contributed by atoms with E-state index in [9.17, 15) is 5.11 Å². The summed E-state index contributed by atoms with van der Waals surface area (Å²) in [7, 11) is 0. The molecule has 0 unspecified atom stereocenters. The number of fused-ring (bicyclic) bond motifs is 2. The van der Waals surface area contributed by atoms with Crippen LogP contribution in [0, 0.1) is 0 Å². The monoisotopic (exact) mass is 578 g/mol. The van der Waals surface area contributed by atoms with E-state index in [2.05, 4.69) is 57.0 Å². The molecule has 1 saturated heterocycles. The Morgan fingerprint density at radius 1 is 0.628 bits per heavy atom. The van der Waals surface area contributed by atoms with Crippen LogP contribution in [0.2, 0.25) is 0 Å². The summed E-state index contributed by atoms with van der Waals surface area (Å²) in [5.74, 6) is 1.89. The molecule has 2 aromatic heterocycles. The number of benzene rings is 3. The average Bonchev–Trinajstić information content (AvgIpc) is 3.66. The molecule has 0 atom stereocenters. The Hall–Kier alpha value is -3.84. The second-order valence-corrected chi connectivity index (χ2v) is 12.2. The Morgan fingerprint density at radius 2 is 1.19 bits per heavy atom. The lowest BCUT2D eigenvalue weighted by molar-refractivity contribution is 0.252. The van der Waals surface area contributed by atoms with Crippen molar-refractivity contribution in [3.63, 3.8) is 0 Å². The van der Waals surface area contributed by atoms with Crippen LogP contribution in [-0.2, 0) is 0 Å². The molecule has 3 heterocycles. The van der Waals surface area contributed by atoms with Crippen molar-refractivity contribution < 1.29 is 5.11 Å². The molecule has 226 valence electrons. The zero-order chi connectivity index (χ0) is 29.4. The van der Waals surface area contributed by atoms with Gasteiger partial charge in [-0.3, -0.25) is 4.90 Å². The van der Waals surface area contributed by atoms with Crippen LogP contribution in [0.25, 0.3) is 44.8 Å². The van der Waals surface area contributed by atoms with Crippen LogP contribution < -0.4 is 4.90 Å². The van der Waals surface area contributed by atoms with Gasteiger partial charge in [0.25, 0.3) is 0 Å². The molecule has 0 aliphatic carbocycles. The smallest absolute Gasteiger partial charge is 0.138 e. The lowest BCUT2D eigenvalue weighted by Gasteiger charge is -2.36. The molecule has 1 fully saturated rings. The zero-order valence-corrected chi connectivity index (χ0v) is 25.6. The van der Waals surface area contributed by atoms with Gasteiger partial charge in [-0.15, -0.1) is 0 Å². The summed E-state index contributed by atoms with van der Waals surface area (Å²) in [6.07, 6.45) is 14.0. The lowest BCUT2D eigenvalue weighted by Crippen LogP contribution is -2.46. The molecule has 0 amide bonds. The summed E-state index contributed by atoms with van der Waals surface area (Å²) in [5.41, 5.74) is 7.12. The van der Waals surface area contributed by atoms with Crippen molar-refractivity contribution >= 4 is 27.8 Å². The molecule has 7 nitrogen and oxygen atoms in total. The van der Waals surface area contributed by atoms with Crippen molar-refractivity contribution in [2.24, 2.45) is 0 Å². The van der Waals surface area contributed by atoms with Gasteiger partial charge in [-0.2, -0.15) is 0 Å². The van der Waals surface area contributed by atoms with Crippen molar-refractivity contribution in [1.29, 1.82) is 0 Å². The fourth-order valence-corrected chi connectivity index (χ4v) is 6.30. The minimum atomic E-state index is 0.247. The average molecular weight is 579 g/mol. The van der Waals surface area contributed by atoms with Crippen LogP contribution in [0.15, 0.2) is 60.7 Å². The fourth-order valence-electron chi connectivity index (χ4n) is 6.30. The van der Waals surface area contributed by atoms with Crippen LogP contribution >= 0.6 is 0 Å². The SMILES string of the molecule is CCCCCCCCCCCCN1CCN(c2ccc3nc(-c4ccc5nc(-c6ccc(O)cc6)[nH]c5c4)[nH]c3c2)CC1. The van der Waals surface area contributed by atoms with E-state index in [0.29, 0.717) is 0 Å². The van der Waals surface area contributed by atoms with E-state index in [-0.39, 0.29) is 5.75 Å². The van der Waals surface area contributed by atoms with E-state index >= 15 is 0 Å². The second-order valence-electron chi connectivity index (χ2n) is 12.2. The number of aromatic amines is 2. The van der Waals surface area contributed by atoms with E-state index in [0.717, 1.165) is 71.0 Å². The maximum absolute atomic E-state index is 9.60. The number of hydrogen-bond donors (Lipinski definition) is 3. The normalized spacial score (nSPS) is 14.3. The largest absolute Gasteiger partial charge is 0.508 e. The van der Waals surface area contributed by atoms with E-state index in [1.54, 1.807) is 12.1 Å². The van der Waals surface area contributed by atoms with Gasteiger partial charge in [0, 0.05) is 43.0 Å². The molecule has 1 aliphatic rings. The number of piperazine rings is 1. The molecular weight excluding hydrogens is 532 g/mol. The van der Waals surface area contributed by atoms with Gasteiger partial charge in [-0.25, -0.2) is 9.97 Å². The van der Waals surface area contributed by atoms with Crippen LogP contribution in [0.5, 0.6) is 5.75 Å². The van der Waals surface area contributed by atoms with E-state index < -0.39 is 0 Å². The number of phenolic OH excluding ortho intramolecular Hbond substituents is 1. The lowest BCUT2D eigenvalue weighted by atomic mass is 10.1. The molecule has 0 radical (unpaired) electrons. The second kappa shape index (κ2) is 14.1. The van der Waals surface area contributed by atoms with Gasteiger partial charge in [0.05, 0.1) is 22.1 Å². The highest BCUT2D eigenvalue weighted by Crippen LogP contribution is 2.29. The molecule has 3 N–H and O–H groups in total. The van der Waals surface area contributed by atoms with E-state index in [1.165, 1.54) is 76.4 Å². The van der Waals surface area contributed by atoms with Crippen molar-refractivity contribution in [2.45, 2.75) is 71.1 Å². The molecule has 0 saturated carbocycles. The minimum absolute atomic E-state index is 0.247. The molecule has 6 rings (SSSR count). The van der Waals surface area contributed by atoms with Gasteiger partial charge < -0.3 is 20.0 Å². The topological polar surface area (TPSA) is 84.1 Å². The molecule has 7 heteroatoms. The fraction of sp³-hybridized carbons (Fsp3) is 0.444. The number of aromatic hydroxyl groups is 1. The van der Waals surface area contributed by atoms with E-state index in [1.807, 2.05) is 18.2 Å². The van der Waals surface area contributed by atoms with Gasteiger partial charge in [-0.05, 0) is 73.6 Å². The molecule has 5 aromatic rings. The first-order valence-corrected chi connectivity index (χ1v) is 16.4. The number of imidazole rings is 2. The highest BCUT2D eigenvalue weighted by molar-refractivity contribution is 5.87. The summed E-state index contributed by atoms with van der Waals surface area (Å²) in [6, 6.07) is 19.9. The third-order valence-corrected chi connectivity index (χ3v) is 8.93. The summed E-state index contributed by atoms with van der Waals surface area (Å²) >= 11 is 0.